The number of nitrogens with one attached hydrogen (secondary N) is 1. The van der Waals surface area contributed by atoms with E-state index in [1.807, 2.05) is 87.5 Å². The average molecular weight is 840 g/mol. The van der Waals surface area contributed by atoms with Crippen molar-refractivity contribution in [1.29, 1.82) is 0 Å². The fourth-order valence-electron chi connectivity index (χ4n) is 7.97. The molecule has 1 N–H and O–H groups in total. The summed E-state index contributed by atoms with van der Waals surface area (Å²) in [6.45, 7) is 5.92. The van der Waals surface area contributed by atoms with Gasteiger partial charge in [-0.05, 0) is 52.3 Å². The molecule has 1 amide bonds. The highest BCUT2D eigenvalue weighted by atomic mass is 32.2. The normalized spacial score (nSPS) is 13.6. The van der Waals surface area contributed by atoms with Crippen molar-refractivity contribution < 1.29 is 14.3 Å². The zero-order chi connectivity index (χ0) is 42.5. The lowest BCUT2D eigenvalue weighted by atomic mass is 9.84. The van der Waals surface area contributed by atoms with E-state index in [1.165, 1.54) is 0 Å². The van der Waals surface area contributed by atoms with E-state index in [-0.39, 0.29) is 11.7 Å². The zero-order valence-electron chi connectivity index (χ0n) is 35.0. The third kappa shape index (κ3) is 9.57. The van der Waals surface area contributed by atoms with Crippen LogP contribution in [-0.4, -0.2) is 29.4 Å². The Labute approximate surface area is 370 Å². The number of thioether (sulfide) groups is 2. The highest BCUT2D eigenvalue weighted by Gasteiger charge is 2.42. The zero-order valence-corrected chi connectivity index (χ0v) is 36.7. The third-order valence-electron chi connectivity index (χ3n) is 11.5. The SMILES string of the molecule is CCC(C)(OC(=O)[C@@H](CSC(c1ccccc1)(c1ccccc1)c1ccccc1)NC(=O)[C@H](C)CSC(c1ccccc1)(c1ccccc1)c1ccccc1)c1ccccc1. The van der Waals surface area contributed by atoms with E-state index < -0.39 is 33.0 Å². The molecule has 308 valence electrons. The number of esters is 1. The minimum Gasteiger partial charge on any atom is -0.453 e. The number of carbonyl (C=O) groups excluding carboxylic acids is 2. The molecule has 61 heavy (non-hydrogen) atoms. The summed E-state index contributed by atoms with van der Waals surface area (Å²) >= 11 is 3.37. The second-order valence-corrected chi connectivity index (χ2v) is 18.0. The van der Waals surface area contributed by atoms with Gasteiger partial charge in [-0.15, -0.1) is 23.5 Å². The van der Waals surface area contributed by atoms with Crippen molar-refractivity contribution in [3.8, 4) is 0 Å². The van der Waals surface area contributed by atoms with Crippen LogP contribution in [0.5, 0.6) is 0 Å². The molecule has 0 aliphatic carbocycles. The van der Waals surface area contributed by atoms with Crippen molar-refractivity contribution in [3.63, 3.8) is 0 Å². The molecule has 7 aromatic carbocycles. The van der Waals surface area contributed by atoms with E-state index in [0.717, 1.165) is 38.9 Å². The van der Waals surface area contributed by atoms with Crippen LogP contribution >= 0.6 is 23.5 Å². The molecule has 0 aliphatic rings. The van der Waals surface area contributed by atoms with Gasteiger partial charge in [0.25, 0.3) is 0 Å². The highest BCUT2D eigenvalue weighted by Crippen LogP contribution is 2.50. The number of hydrogen-bond acceptors (Lipinski definition) is 5. The van der Waals surface area contributed by atoms with Crippen molar-refractivity contribution in [2.24, 2.45) is 5.92 Å². The molecular weight excluding hydrogens is 787 g/mol. The predicted octanol–water partition coefficient (Wildman–Crippen LogP) is 12.4. The number of benzene rings is 7. The van der Waals surface area contributed by atoms with Gasteiger partial charge >= 0.3 is 5.97 Å². The molecule has 0 saturated carbocycles. The molecule has 7 rings (SSSR count). The Bertz CT molecular complexity index is 2230. The molecule has 6 heteroatoms. The maximum atomic E-state index is 14.8. The minimum atomic E-state index is -0.961. The van der Waals surface area contributed by atoms with Crippen LogP contribution in [0.2, 0.25) is 0 Å². The van der Waals surface area contributed by atoms with Crippen LogP contribution in [0.4, 0.5) is 0 Å². The Kier molecular flexibility index (Phi) is 14.3. The fraction of sp³-hybridized carbons (Fsp3) is 0.200. The molecule has 0 radical (unpaired) electrons. The minimum absolute atomic E-state index is 0.208. The number of amides is 1. The van der Waals surface area contributed by atoms with Gasteiger partial charge in [0, 0.05) is 17.4 Å². The molecule has 0 aromatic heterocycles. The number of rotatable bonds is 18. The smallest absolute Gasteiger partial charge is 0.330 e. The van der Waals surface area contributed by atoms with Crippen LogP contribution in [0.1, 0.15) is 66.1 Å². The van der Waals surface area contributed by atoms with Gasteiger partial charge in [0.05, 0.1) is 9.49 Å². The second kappa shape index (κ2) is 20.2. The first-order valence-electron chi connectivity index (χ1n) is 21.0. The molecule has 7 aromatic rings. The van der Waals surface area contributed by atoms with Crippen LogP contribution in [0.25, 0.3) is 0 Å². The Morgan fingerprint density at radius 1 is 0.475 bits per heavy atom. The van der Waals surface area contributed by atoms with Crippen LogP contribution < -0.4 is 5.32 Å². The topological polar surface area (TPSA) is 55.4 Å². The summed E-state index contributed by atoms with van der Waals surface area (Å²) in [5, 5.41) is 3.25. The number of hydrogen-bond donors (Lipinski definition) is 1. The molecule has 3 atom stereocenters. The van der Waals surface area contributed by atoms with Gasteiger partial charge in [0.2, 0.25) is 5.91 Å². The summed E-state index contributed by atoms with van der Waals surface area (Å²) < 4.78 is 5.22. The molecule has 0 aliphatic heterocycles. The van der Waals surface area contributed by atoms with Crippen molar-refractivity contribution in [1.82, 2.24) is 5.32 Å². The Morgan fingerprint density at radius 2 is 0.754 bits per heavy atom. The number of ether oxygens (including phenoxy) is 1. The van der Waals surface area contributed by atoms with E-state index in [4.69, 9.17) is 4.74 Å². The van der Waals surface area contributed by atoms with Gasteiger partial charge in [-0.3, -0.25) is 4.79 Å². The van der Waals surface area contributed by atoms with Crippen LogP contribution in [0.3, 0.4) is 0 Å². The van der Waals surface area contributed by atoms with Crippen molar-refractivity contribution in [3.05, 3.63) is 251 Å². The molecule has 0 saturated heterocycles. The quantitative estimate of drug-likeness (QED) is 0.0689. The Morgan fingerprint density at radius 3 is 1.05 bits per heavy atom. The molecule has 1 unspecified atom stereocenters. The van der Waals surface area contributed by atoms with Gasteiger partial charge in [0.15, 0.2) is 0 Å². The standard InChI is InChI=1S/C55H53NO3S2/c1-4-53(3,43-26-12-5-13-27-43)59-52(58)50(41-61-55(47-34-20-9-21-35-47,48-36-22-10-23-37-48)49-38-24-11-25-39-49)56-51(57)42(2)40-60-54(44-28-14-6-15-29-44,45-30-16-7-17-31-45)46-32-18-8-19-33-46/h5-39,42,50H,4,40-41H2,1-3H3,(H,56,57)/t42-,50-,53?/m1/s1. The van der Waals surface area contributed by atoms with E-state index in [0.29, 0.717) is 12.2 Å². The monoisotopic (exact) mass is 839 g/mol. The van der Waals surface area contributed by atoms with Crippen LogP contribution in [-0.2, 0) is 29.4 Å². The van der Waals surface area contributed by atoms with E-state index >= 15 is 0 Å². The van der Waals surface area contributed by atoms with E-state index in [1.54, 1.807) is 23.5 Å². The molecule has 0 bridgehead atoms. The van der Waals surface area contributed by atoms with Gasteiger partial charge in [0.1, 0.15) is 11.6 Å². The molecule has 4 nitrogen and oxygen atoms in total. The molecule has 0 spiro atoms. The van der Waals surface area contributed by atoms with E-state index in [9.17, 15) is 9.59 Å². The number of carbonyl (C=O) groups is 2. The lowest BCUT2D eigenvalue weighted by molar-refractivity contribution is -0.162. The first-order chi connectivity index (χ1) is 29.8. The Hall–Kier alpha value is -5.82. The van der Waals surface area contributed by atoms with Gasteiger partial charge < -0.3 is 10.1 Å². The van der Waals surface area contributed by atoms with Crippen LogP contribution in [0.15, 0.2) is 212 Å². The van der Waals surface area contributed by atoms with Gasteiger partial charge in [-0.1, -0.05) is 226 Å². The maximum absolute atomic E-state index is 14.8. The summed E-state index contributed by atoms with van der Waals surface area (Å²) in [5.74, 6) is -0.405. The maximum Gasteiger partial charge on any atom is 0.330 e. The molecule has 0 fully saturated rings. The largest absolute Gasteiger partial charge is 0.453 e. The molecule has 0 heterocycles. The average Bonchev–Trinajstić information content (AvgIpc) is 3.33. The first-order valence-corrected chi connectivity index (χ1v) is 23.0. The summed E-state index contributed by atoms with van der Waals surface area (Å²) in [6, 6.07) is 71.6. The summed E-state index contributed by atoms with van der Waals surface area (Å²) in [6.07, 6.45) is 0.562. The third-order valence-corrected chi connectivity index (χ3v) is 15.0. The molecular formula is C55H53NO3S2. The van der Waals surface area contributed by atoms with E-state index in [2.05, 4.69) is 151 Å². The van der Waals surface area contributed by atoms with Gasteiger partial charge in [-0.2, -0.15) is 0 Å². The lowest BCUT2D eigenvalue weighted by Crippen LogP contribution is -2.48. The Balaban J connectivity index is 1.24. The summed E-state index contributed by atoms with van der Waals surface area (Å²) in [5.41, 5.74) is 6.60. The highest BCUT2D eigenvalue weighted by molar-refractivity contribution is 8.01. The van der Waals surface area contributed by atoms with Crippen molar-refractivity contribution in [2.45, 2.75) is 48.3 Å². The summed E-state index contributed by atoms with van der Waals surface area (Å²) in [4.78, 5) is 29.5. The van der Waals surface area contributed by atoms with Crippen molar-refractivity contribution in [2.75, 3.05) is 11.5 Å². The lowest BCUT2D eigenvalue weighted by Gasteiger charge is -2.37. The predicted molar refractivity (Wildman–Crippen MR) is 255 cm³/mol. The van der Waals surface area contributed by atoms with Gasteiger partial charge in [-0.25, -0.2) is 4.79 Å². The van der Waals surface area contributed by atoms with Crippen LogP contribution in [0, 0.1) is 5.92 Å². The van der Waals surface area contributed by atoms with Crippen molar-refractivity contribution >= 4 is 35.4 Å². The second-order valence-electron chi connectivity index (χ2n) is 15.5. The summed E-state index contributed by atoms with van der Waals surface area (Å²) in [7, 11) is 0. The fourth-order valence-corrected chi connectivity index (χ4v) is 11.1. The first kappa shape index (κ1) is 43.3.